The monoisotopic (exact) mass is 748 g/mol. The van der Waals surface area contributed by atoms with Gasteiger partial charge in [0.2, 0.25) is 0 Å². The van der Waals surface area contributed by atoms with Crippen LogP contribution in [0.2, 0.25) is 0 Å². The van der Waals surface area contributed by atoms with Gasteiger partial charge in [-0.3, -0.25) is 0 Å². The average molecular weight is 749 g/mol. The van der Waals surface area contributed by atoms with E-state index in [0.29, 0.717) is 0 Å². The Morgan fingerprint density at radius 2 is 0.612 bits per heavy atom. The second-order valence-corrected chi connectivity index (χ2v) is 19.0. The van der Waals surface area contributed by atoms with Crippen molar-refractivity contribution in [3.05, 3.63) is 70.4 Å². The lowest BCUT2D eigenvalue weighted by Crippen LogP contribution is -1.86. The van der Waals surface area contributed by atoms with Crippen molar-refractivity contribution < 1.29 is 0 Å². The zero-order valence-corrected chi connectivity index (χ0v) is 34.5. The Morgan fingerprint density at radius 3 is 0.959 bits per heavy atom. The molecule has 0 amide bonds. The molecule has 266 valence electrons. The van der Waals surface area contributed by atoms with Gasteiger partial charge in [-0.1, -0.05) is 129 Å². The summed E-state index contributed by atoms with van der Waals surface area (Å²) in [7, 11) is 0. The van der Waals surface area contributed by atoms with Crippen molar-refractivity contribution in [2.24, 2.45) is 0 Å². The summed E-state index contributed by atoms with van der Waals surface area (Å²) >= 11 is 9.75. The summed E-state index contributed by atoms with van der Waals surface area (Å²) in [5, 5.41) is 4.60. The zero-order valence-electron chi connectivity index (χ0n) is 30.4. The van der Waals surface area contributed by atoms with Gasteiger partial charge in [-0.05, 0) is 96.1 Å². The van der Waals surface area contributed by atoms with Gasteiger partial charge in [0.1, 0.15) is 0 Å². The van der Waals surface area contributed by atoms with E-state index < -0.39 is 0 Å². The molecule has 0 fully saturated rings. The molecule has 0 N–H and O–H groups in total. The number of thiophene rings is 5. The van der Waals surface area contributed by atoms with Crippen LogP contribution in [0.4, 0.5) is 0 Å². The van der Waals surface area contributed by atoms with Gasteiger partial charge in [-0.15, -0.1) is 56.7 Å². The maximum Gasteiger partial charge on any atom is 0.0474 e. The van der Waals surface area contributed by atoms with Crippen LogP contribution in [-0.2, 0) is 12.8 Å². The standard InChI is InChI=1S/C44H60S5/c1-3-5-7-9-11-13-15-17-19-21-23-35-31-33-45-43(35)41-29-27-39(48-41)37-25-26-38(47-37)40-28-30-42(49-40)44-36(32-34-46-44)24-22-20-18-16-14-12-10-8-6-4-2/h25-34H,3-24H2,1-2H3. The quantitative estimate of drug-likeness (QED) is 0.0494. The van der Waals surface area contributed by atoms with Gasteiger partial charge in [0.15, 0.2) is 0 Å². The number of rotatable bonds is 26. The van der Waals surface area contributed by atoms with Crippen molar-refractivity contribution in [3.8, 4) is 39.0 Å². The molecule has 0 nitrogen and oxygen atoms in total. The molecular weight excluding hydrogens is 689 g/mol. The first-order valence-electron chi connectivity index (χ1n) is 19.7. The van der Waals surface area contributed by atoms with Crippen molar-refractivity contribution in [2.75, 3.05) is 0 Å². The predicted octanol–water partition coefficient (Wildman–Crippen LogP) is 17.6. The third kappa shape index (κ3) is 12.6. The Kier molecular flexibility index (Phi) is 17.7. The van der Waals surface area contributed by atoms with Crippen LogP contribution in [0.1, 0.15) is 153 Å². The van der Waals surface area contributed by atoms with E-state index in [1.807, 2.05) is 56.7 Å². The lowest BCUT2D eigenvalue weighted by molar-refractivity contribution is 0.556. The minimum atomic E-state index is 1.22. The predicted molar refractivity (Wildman–Crippen MR) is 229 cm³/mol. The van der Waals surface area contributed by atoms with Gasteiger partial charge in [0, 0.05) is 39.0 Å². The molecule has 0 aliphatic carbocycles. The van der Waals surface area contributed by atoms with Gasteiger partial charge >= 0.3 is 0 Å². The maximum absolute atomic E-state index is 2.38. The van der Waals surface area contributed by atoms with Gasteiger partial charge in [0.25, 0.3) is 0 Å². The van der Waals surface area contributed by atoms with Crippen molar-refractivity contribution in [3.63, 3.8) is 0 Å². The molecule has 49 heavy (non-hydrogen) atoms. The first-order chi connectivity index (χ1) is 24.3. The van der Waals surface area contributed by atoms with Gasteiger partial charge in [-0.2, -0.15) is 0 Å². The summed E-state index contributed by atoms with van der Waals surface area (Å²) in [5.74, 6) is 0. The highest BCUT2D eigenvalue weighted by atomic mass is 32.1. The first-order valence-corrected chi connectivity index (χ1v) is 23.9. The highest BCUT2D eigenvalue weighted by molar-refractivity contribution is 7.29. The molecule has 0 bridgehead atoms. The van der Waals surface area contributed by atoms with Gasteiger partial charge < -0.3 is 0 Å². The molecule has 5 rings (SSSR count). The molecule has 5 aromatic rings. The lowest BCUT2D eigenvalue weighted by Gasteiger charge is -2.04. The third-order valence-corrected chi connectivity index (χ3v) is 15.8. The average Bonchev–Trinajstić information content (AvgIpc) is 3.96. The zero-order chi connectivity index (χ0) is 33.9. The SMILES string of the molecule is CCCCCCCCCCCCc1ccsc1-c1ccc(-c2ccc(-c3ccc(-c4sccc4CCCCCCCCCCCC)s3)s2)s1. The largest absolute Gasteiger partial charge is 0.143 e. The molecule has 0 saturated carbocycles. The number of unbranched alkanes of at least 4 members (excludes halogenated alkanes) is 18. The van der Waals surface area contributed by atoms with E-state index in [-0.39, 0.29) is 0 Å². The molecule has 0 unspecified atom stereocenters. The smallest absolute Gasteiger partial charge is 0.0474 e. The van der Waals surface area contributed by atoms with Crippen LogP contribution in [-0.4, -0.2) is 0 Å². The molecule has 0 atom stereocenters. The molecule has 0 radical (unpaired) electrons. The minimum Gasteiger partial charge on any atom is -0.143 e. The normalized spacial score (nSPS) is 11.6. The van der Waals surface area contributed by atoms with E-state index in [4.69, 9.17) is 0 Å². The van der Waals surface area contributed by atoms with Crippen molar-refractivity contribution >= 4 is 56.7 Å². The van der Waals surface area contributed by atoms with E-state index in [1.54, 1.807) is 11.1 Å². The fraction of sp³-hybridized carbons (Fsp3) is 0.545. The Bertz CT molecular complexity index is 1460. The molecule has 0 spiro atoms. The van der Waals surface area contributed by atoms with Crippen molar-refractivity contribution in [1.29, 1.82) is 0 Å². The lowest BCUT2D eigenvalue weighted by atomic mass is 10.0. The second-order valence-electron chi connectivity index (χ2n) is 13.9. The summed E-state index contributed by atoms with van der Waals surface area (Å²) in [5.41, 5.74) is 3.11. The van der Waals surface area contributed by atoms with E-state index in [2.05, 4.69) is 73.1 Å². The molecule has 5 heteroatoms. The van der Waals surface area contributed by atoms with E-state index in [9.17, 15) is 0 Å². The minimum absolute atomic E-state index is 1.22. The third-order valence-electron chi connectivity index (χ3n) is 9.84. The van der Waals surface area contributed by atoms with Crippen LogP contribution in [0.3, 0.4) is 0 Å². The van der Waals surface area contributed by atoms with E-state index in [0.717, 1.165) is 0 Å². The summed E-state index contributed by atoms with van der Waals surface area (Å²) in [6.45, 7) is 4.60. The van der Waals surface area contributed by atoms with Crippen LogP contribution in [0.5, 0.6) is 0 Å². The molecule has 0 aromatic carbocycles. The van der Waals surface area contributed by atoms with Gasteiger partial charge in [-0.25, -0.2) is 0 Å². The van der Waals surface area contributed by atoms with Gasteiger partial charge in [0.05, 0.1) is 0 Å². The fourth-order valence-corrected chi connectivity index (χ4v) is 12.3. The molecular formula is C44H60S5. The number of hydrogen-bond donors (Lipinski definition) is 0. The molecule has 5 aromatic heterocycles. The molecule has 0 aliphatic heterocycles. The van der Waals surface area contributed by atoms with Crippen molar-refractivity contribution in [1.82, 2.24) is 0 Å². The topological polar surface area (TPSA) is 0 Å². The van der Waals surface area contributed by atoms with Crippen LogP contribution in [0.15, 0.2) is 59.3 Å². The Hall–Kier alpha value is -1.50. The Labute approximate surface area is 319 Å². The molecule has 0 saturated heterocycles. The second kappa shape index (κ2) is 22.4. The fourth-order valence-electron chi connectivity index (χ4n) is 6.89. The number of aryl methyl sites for hydroxylation is 2. The summed E-state index contributed by atoms with van der Waals surface area (Å²) in [4.78, 5) is 11.5. The first kappa shape index (κ1) is 38.7. The summed E-state index contributed by atoms with van der Waals surface area (Å²) in [6.07, 6.45) is 30.4. The maximum atomic E-state index is 2.38. The van der Waals surface area contributed by atoms with E-state index in [1.165, 1.54) is 180 Å². The van der Waals surface area contributed by atoms with Crippen molar-refractivity contribution in [2.45, 2.75) is 155 Å². The summed E-state index contributed by atoms with van der Waals surface area (Å²) < 4.78 is 0. The van der Waals surface area contributed by atoms with Crippen LogP contribution < -0.4 is 0 Å². The molecule has 5 heterocycles. The van der Waals surface area contributed by atoms with Crippen LogP contribution >= 0.6 is 56.7 Å². The molecule has 0 aliphatic rings. The van der Waals surface area contributed by atoms with Crippen LogP contribution in [0.25, 0.3) is 39.0 Å². The highest BCUT2D eigenvalue weighted by Crippen LogP contribution is 2.45. The highest BCUT2D eigenvalue weighted by Gasteiger charge is 2.15. The Morgan fingerprint density at radius 1 is 0.327 bits per heavy atom. The van der Waals surface area contributed by atoms with Crippen LogP contribution in [0, 0.1) is 0 Å². The Balaban J connectivity index is 1.07. The summed E-state index contributed by atoms with van der Waals surface area (Å²) in [6, 6.07) is 18.9. The van der Waals surface area contributed by atoms with E-state index >= 15 is 0 Å². The number of hydrogen-bond acceptors (Lipinski definition) is 5.